The summed E-state index contributed by atoms with van der Waals surface area (Å²) in [5.74, 6) is 0.757. The third-order valence-corrected chi connectivity index (χ3v) is 3.94. The molecule has 1 aromatic carbocycles. The fourth-order valence-electron chi connectivity index (χ4n) is 2.71. The van der Waals surface area contributed by atoms with Crippen molar-refractivity contribution in [2.45, 2.75) is 38.5 Å². The Balaban J connectivity index is 1.70. The lowest BCUT2D eigenvalue weighted by Crippen LogP contribution is -2.24. The molecule has 3 rings (SSSR count). The molecule has 0 saturated carbocycles. The molecule has 1 unspecified atom stereocenters. The van der Waals surface area contributed by atoms with Gasteiger partial charge in [0, 0.05) is 24.6 Å². The number of aromatic nitrogens is 2. The van der Waals surface area contributed by atoms with Crippen molar-refractivity contribution in [1.82, 2.24) is 10.1 Å². The molecule has 1 amide bonds. The van der Waals surface area contributed by atoms with Gasteiger partial charge < -0.3 is 9.42 Å². The van der Waals surface area contributed by atoms with Gasteiger partial charge >= 0.3 is 0 Å². The molecule has 2 aromatic rings. The van der Waals surface area contributed by atoms with Gasteiger partial charge in [-0.05, 0) is 30.5 Å². The maximum atomic E-state index is 12.2. The third kappa shape index (κ3) is 2.96. The first-order valence-corrected chi connectivity index (χ1v) is 7.43. The quantitative estimate of drug-likeness (QED) is 0.847. The summed E-state index contributed by atoms with van der Waals surface area (Å²) < 4.78 is 4.77. The van der Waals surface area contributed by atoms with Crippen molar-refractivity contribution in [2.75, 3.05) is 11.4 Å². The second-order valence-electron chi connectivity index (χ2n) is 5.46. The van der Waals surface area contributed by atoms with Crippen molar-refractivity contribution in [2.24, 2.45) is 0 Å². The van der Waals surface area contributed by atoms with E-state index in [-0.39, 0.29) is 11.8 Å². The van der Waals surface area contributed by atoms with E-state index in [2.05, 4.69) is 29.2 Å². The van der Waals surface area contributed by atoms with Crippen molar-refractivity contribution in [3.05, 3.63) is 42.0 Å². The SMILES string of the molecule is CCCCc1ccc(N2CC(c3ncon3)CC2=O)cc1. The summed E-state index contributed by atoms with van der Waals surface area (Å²) in [7, 11) is 0. The lowest BCUT2D eigenvalue weighted by molar-refractivity contribution is -0.117. The second-order valence-corrected chi connectivity index (χ2v) is 5.46. The van der Waals surface area contributed by atoms with Gasteiger partial charge in [0.05, 0.1) is 0 Å². The van der Waals surface area contributed by atoms with E-state index in [1.807, 2.05) is 17.0 Å². The van der Waals surface area contributed by atoms with Crippen LogP contribution in [0.2, 0.25) is 0 Å². The molecule has 1 atom stereocenters. The zero-order chi connectivity index (χ0) is 14.7. The number of aryl methyl sites for hydroxylation is 1. The van der Waals surface area contributed by atoms with Crippen LogP contribution < -0.4 is 4.90 Å². The van der Waals surface area contributed by atoms with Gasteiger partial charge in [-0.3, -0.25) is 4.79 Å². The fourth-order valence-corrected chi connectivity index (χ4v) is 2.71. The standard InChI is InChI=1S/C16H19N3O2/c1-2-3-4-12-5-7-14(8-6-12)19-10-13(9-15(19)20)16-17-11-21-18-16/h5-8,11,13H,2-4,9-10H2,1H3. The van der Waals surface area contributed by atoms with E-state index in [0.29, 0.717) is 18.8 Å². The average molecular weight is 285 g/mol. The molecule has 1 aliphatic heterocycles. The second kappa shape index (κ2) is 6.08. The minimum absolute atomic E-state index is 0.0241. The van der Waals surface area contributed by atoms with E-state index in [4.69, 9.17) is 4.52 Å². The highest BCUT2D eigenvalue weighted by atomic mass is 16.5. The molecule has 2 heterocycles. The molecule has 1 fully saturated rings. The van der Waals surface area contributed by atoms with Crippen LogP contribution in [0.5, 0.6) is 0 Å². The van der Waals surface area contributed by atoms with Gasteiger partial charge in [0.1, 0.15) is 0 Å². The minimum atomic E-state index is 0.0241. The zero-order valence-corrected chi connectivity index (χ0v) is 12.2. The molecule has 0 bridgehead atoms. The molecule has 5 nitrogen and oxygen atoms in total. The Hall–Kier alpha value is -2.17. The van der Waals surface area contributed by atoms with Crippen LogP contribution in [0, 0.1) is 0 Å². The monoisotopic (exact) mass is 285 g/mol. The maximum absolute atomic E-state index is 12.2. The van der Waals surface area contributed by atoms with Crippen molar-refractivity contribution >= 4 is 11.6 Å². The molecule has 1 aromatic heterocycles. The van der Waals surface area contributed by atoms with Gasteiger partial charge in [-0.1, -0.05) is 30.6 Å². The third-order valence-electron chi connectivity index (χ3n) is 3.94. The molecule has 0 spiro atoms. The van der Waals surface area contributed by atoms with E-state index < -0.39 is 0 Å². The first-order chi connectivity index (χ1) is 10.3. The molecular weight excluding hydrogens is 266 g/mol. The van der Waals surface area contributed by atoms with Crippen LogP contribution in [0.25, 0.3) is 0 Å². The lowest BCUT2D eigenvalue weighted by atomic mass is 10.1. The van der Waals surface area contributed by atoms with E-state index >= 15 is 0 Å². The molecule has 0 N–H and O–H groups in total. The van der Waals surface area contributed by atoms with E-state index in [0.717, 1.165) is 12.1 Å². The predicted octanol–water partition coefficient (Wildman–Crippen LogP) is 2.93. The molecule has 1 saturated heterocycles. The highest BCUT2D eigenvalue weighted by molar-refractivity contribution is 5.96. The zero-order valence-electron chi connectivity index (χ0n) is 12.2. The number of nitrogens with zero attached hydrogens (tertiary/aromatic N) is 3. The molecule has 0 aliphatic carbocycles. The van der Waals surface area contributed by atoms with Gasteiger partial charge in [0.25, 0.3) is 0 Å². The van der Waals surface area contributed by atoms with Crippen molar-refractivity contribution < 1.29 is 9.32 Å². The van der Waals surface area contributed by atoms with Crippen LogP contribution >= 0.6 is 0 Å². The highest BCUT2D eigenvalue weighted by Crippen LogP contribution is 2.30. The number of unbranched alkanes of at least 4 members (excludes halogenated alkanes) is 1. The normalized spacial score (nSPS) is 18.4. The Labute approximate surface area is 124 Å². The smallest absolute Gasteiger partial charge is 0.227 e. The topological polar surface area (TPSA) is 59.2 Å². The number of hydrogen-bond acceptors (Lipinski definition) is 4. The largest absolute Gasteiger partial charge is 0.343 e. The molecule has 21 heavy (non-hydrogen) atoms. The maximum Gasteiger partial charge on any atom is 0.227 e. The molecule has 110 valence electrons. The van der Waals surface area contributed by atoms with Crippen LogP contribution in [0.4, 0.5) is 5.69 Å². The summed E-state index contributed by atoms with van der Waals surface area (Å²) in [6.45, 7) is 2.81. The predicted molar refractivity (Wildman–Crippen MR) is 79.1 cm³/mol. The van der Waals surface area contributed by atoms with Gasteiger partial charge in [0.15, 0.2) is 5.82 Å². The van der Waals surface area contributed by atoms with Crippen LogP contribution in [0.15, 0.2) is 35.2 Å². The Morgan fingerprint density at radius 1 is 1.33 bits per heavy atom. The van der Waals surface area contributed by atoms with E-state index in [9.17, 15) is 4.79 Å². The summed E-state index contributed by atoms with van der Waals surface area (Å²) in [5.41, 5.74) is 2.27. The number of rotatable bonds is 5. The average Bonchev–Trinajstić information content (AvgIpc) is 3.15. The Kier molecular flexibility index (Phi) is 3.99. The Morgan fingerprint density at radius 3 is 2.81 bits per heavy atom. The van der Waals surface area contributed by atoms with E-state index in [1.54, 1.807) is 0 Å². The molecule has 5 heteroatoms. The molecular formula is C16H19N3O2. The highest BCUT2D eigenvalue weighted by Gasteiger charge is 2.33. The van der Waals surface area contributed by atoms with E-state index in [1.165, 1.54) is 24.8 Å². The first-order valence-electron chi connectivity index (χ1n) is 7.43. The number of benzene rings is 1. The Bertz CT molecular complexity index is 592. The van der Waals surface area contributed by atoms with Crippen LogP contribution in [0.3, 0.4) is 0 Å². The number of hydrogen-bond donors (Lipinski definition) is 0. The fraction of sp³-hybridized carbons (Fsp3) is 0.438. The summed E-state index contributed by atoms with van der Waals surface area (Å²) in [6.07, 6.45) is 5.24. The van der Waals surface area contributed by atoms with Crippen LogP contribution in [-0.4, -0.2) is 22.6 Å². The van der Waals surface area contributed by atoms with Crippen LogP contribution in [0.1, 0.15) is 43.5 Å². The van der Waals surface area contributed by atoms with Crippen molar-refractivity contribution in [3.63, 3.8) is 0 Å². The summed E-state index contributed by atoms with van der Waals surface area (Å²) in [4.78, 5) is 18.0. The summed E-state index contributed by atoms with van der Waals surface area (Å²) in [5, 5.41) is 3.84. The van der Waals surface area contributed by atoms with Crippen LogP contribution in [-0.2, 0) is 11.2 Å². The van der Waals surface area contributed by atoms with Gasteiger partial charge in [-0.25, -0.2) is 0 Å². The number of anilines is 1. The summed E-state index contributed by atoms with van der Waals surface area (Å²) in [6, 6.07) is 8.28. The first kappa shape index (κ1) is 13.8. The van der Waals surface area contributed by atoms with Gasteiger partial charge in [-0.2, -0.15) is 4.98 Å². The lowest BCUT2D eigenvalue weighted by Gasteiger charge is -2.16. The Morgan fingerprint density at radius 2 is 2.14 bits per heavy atom. The number of carbonyl (C=O) groups excluding carboxylic acids is 1. The minimum Gasteiger partial charge on any atom is -0.343 e. The van der Waals surface area contributed by atoms with Crippen molar-refractivity contribution in [3.8, 4) is 0 Å². The molecule has 0 radical (unpaired) electrons. The number of carbonyl (C=O) groups is 1. The molecule has 1 aliphatic rings. The summed E-state index contributed by atoms with van der Waals surface area (Å²) >= 11 is 0. The van der Waals surface area contributed by atoms with Gasteiger partial charge in [0.2, 0.25) is 12.3 Å². The van der Waals surface area contributed by atoms with Crippen molar-refractivity contribution in [1.29, 1.82) is 0 Å². The van der Waals surface area contributed by atoms with Gasteiger partial charge in [-0.15, -0.1) is 0 Å². The number of amides is 1.